The quantitative estimate of drug-likeness (QED) is 0.613. The number of nitrogens with one attached hydrogen (secondary N) is 1. The number of ether oxygens (including phenoxy) is 1. The maximum Gasteiger partial charge on any atom is 0.0587 e. The molecule has 1 aliphatic heterocycles. The van der Waals surface area contributed by atoms with Crippen molar-refractivity contribution in [3.63, 3.8) is 0 Å². The maximum absolute atomic E-state index is 9.04. The number of hydrogen-bond donors (Lipinski definition) is 2. The van der Waals surface area contributed by atoms with Crippen LogP contribution in [0.25, 0.3) is 0 Å². The van der Waals surface area contributed by atoms with E-state index in [0.29, 0.717) is 12.5 Å². The topological polar surface area (TPSA) is 44.7 Å². The minimum absolute atomic E-state index is 0.304. The second-order valence-electron chi connectivity index (χ2n) is 5.23. The Labute approximate surface area is 105 Å². The van der Waals surface area contributed by atoms with Crippen molar-refractivity contribution in [2.24, 2.45) is 11.8 Å². The van der Waals surface area contributed by atoms with Crippen LogP contribution in [0.1, 0.15) is 19.8 Å². The van der Waals surface area contributed by atoms with Crippen molar-refractivity contribution < 1.29 is 9.84 Å². The average molecular weight is 244 g/mol. The van der Waals surface area contributed by atoms with E-state index < -0.39 is 0 Å². The molecule has 0 aromatic heterocycles. The van der Waals surface area contributed by atoms with Crippen LogP contribution in [-0.4, -0.2) is 63.1 Å². The van der Waals surface area contributed by atoms with Gasteiger partial charge in [0.25, 0.3) is 0 Å². The lowest BCUT2D eigenvalue weighted by Crippen LogP contribution is -2.40. The molecule has 1 aliphatic rings. The number of piperidine rings is 1. The van der Waals surface area contributed by atoms with Crippen LogP contribution in [0.2, 0.25) is 0 Å². The van der Waals surface area contributed by atoms with Gasteiger partial charge in [0.1, 0.15) is 0 Å². The predicted octanol–water partition coefficient (Wildman–Crippen LogP) is 0.563. The summed E-state index contributed by atoms with van der Waals surface area (Å²) in [6.45, 7) is 8.69. The first kappa shape index (κ1) is 14.9. The van der Waals surface area contributed by atoms with E-state index in [9.17, 15) is 0 Å². The van der Waals surface area contributed by atoms with Gasteiger partial charge in [-0.15, -0.1) is 0 Å². The summed E-state index contributed by atoms with van der Waals surface area (Å²) in [7, 11) is 1.74. The second-order valence-corrected chi connectivity index (χ2v) is 5.23. The van der Waals surface area contributed by atoms with Crippen LogP contribution in [0.4, 0.5) is 0 Å². The van der Waals surface area contributed by atoms with Crippen molar-refractivity contribution in [3.05, 3.63) is 0 Å². The van der Waals surface area contributed by atoms with Gasteiger partial charge in [-0.25, -0.2) is 0 Å². The van der Waals surface area contributed by atoms with Crippen LogP contribution in [-0.2, 0) is 4.74 Å². The Bertz CT molecular complexity index is 182. The van der Waals surface area contributed by atoms with E-state index in [2.05, 4.69) is 17.1 Å². The third-order valence-electron chi connectivity index (χ3n) is 3.50. The Morgan fingerprint density at radius 1 is 1.41 bits per heavy atom. The summed E-state index contributed by atoms with van der Waals surface area (Å²) in [6, 6.07) is 0. The molecule has 0 radical (unpaired) electrons. The lowest BCUT2D eigenvalue weighted by Gasteiger charge is -2.33. The van der Waals surface area contributed by atoms with E-state index in [1.807, 2.05) is 0 Å². The van der Waals surface area contributed by atoms with Crippen molar-refractivity contribution in [3.8, 4) is 0 Å². The van der Waals surface area contributed by atoms with E-state index in [4.69, 9.17) is 9.84 Å². The highest BCUT2D eigenvalue weighted by atomic mass is 16.5. The van der Waals surface area contributed by atoms with Gasteiger partial charge in [0.15, 0.2) is 0 Å². The molecule has 0 bridgehead atoms. The third-order valence-corrected chi connectivity index (χ3v) is 3.50. The molecule has 1 rings (SSSR count). The van der Waals surface area contributed by atoms with E-state index in [1.54, 1.807) is 7.11 Å². The van der Waals surface area contributed by atoms with E-state index in [0.717, 1.165) is 32.2 Å². The largest absolute Gasteiger partial charge is 0.396 e. The molecule has 0 aromatic rings. The molecule has 4 heteroatoms. The van der Waals surface area contributed by atoms with Gasteiger partial charge >= 0.3 is 0 Å². The van der Waals surface area contributed by atoms with Crippen molar-refractivity contribution in [1.82, 2.24) is 10.2 Å². The second kappa shape index (κ2) is 8.86. The molecule has 0 aromatic carbocycles. The zero-order valence-corrected chi connectivity index (χ0v) is 11.3. The minimum atomic E-state index is 0.304. The molecule has 1 fully saturated rings. The monoisotopic (exact) mass is 244 g/mol. The zero-order valence-electron chi connectivity index (χ0n) is 11.3. The Morgan fingerprint density at radius 3 is 2.71 bits per heavy atom. The summed E-state index contributed by atoms with van der Waals surface area (Å²) in [5.41, 5.74) is 0. The SMILES string of the molecule is COCCNCC1CCN(CC(C)CO)CC1. The van der Waals surface area contributed by atoms with Crippen molar-refractivity contribution in [1.29, 1.82) is 0 Å². The van der Waals surface area contributed by atoms with Crippen molar-refractivity contribution in [2.75, 3.05) is 53.0 Å². The van der Waals surface area contributed by atoms with Gasteiger partial charge in [-0.05, 0) is 44.3 Å². The molecular formula is C13H28N2O2. The molecule has 1 unspecified atom stereocenters. The van der Waals surface area contributed by atoms with Crippen LogP contribution in [0, 0.1) is 11.8 Å². The molecule has 0 saturated carbocycles. The molecule has 2 N–H and O–H groups in total. The predicted molar refractivity (Wildman–Crippen MR) is 70.2 cm³/mol. The summed E-state index contributed by atoms with van der Waals surface area (Å²) in [5, 5.41) is 12.5. The lowest BCUT2D eigenvalue weighted by atomic mass is 9.96. The third kappa shape index (κ3) is 6.36. The Hall–Kier alpha value is -0.160. The number of aliphatic hydroxyl groups excluding tert-OH is 1. The van der Waals surface area contributed by atoms with Crippen LogP contribution in [0.5, 0.6) is 0 Å². The van der Waals surface area contributed by atoms with Crippen LogP contribution < -0.4 is 5.32 Å². The Balaban J connectivity index is 2.05. The van der Waals surface area contributed by atoms with Crippen LogP contribution in [0.15, 0.2) is 0 Å². The molecule has 0 spiro atoms. The summed E-state index contributed by atoms with van der Waals surface area (Å²) in [4.78, 5) is 2.48. The van der Waals surface area contributed by atoms with Crippen LogP contribution in [0.3, 0.4) is 0 Å². The first-order valence-corrected chi connectivity index (χ1v) is 6.79. The van der Waals surface area contributed by atoms with Gasteiger partial charge in [-0.1, -0.05) is 6.92 Å². The van der Waals surface area contributed by atoms with E-state index >= 15 is 0 Å². The normalized spacial score (nSPS) is 20.6. The summed E-state index contributed by atoms with van der Waals surface area (Å²) < 4.78 is 5.01. The van der Waals surface area contributed by atoms with Gasteiger partial charge in [0.2, 0.25) is 0 Å². The standard InChI is InChI=1S/C13H28N2O2/c1-12(11-16)10-15-6-3-13(4-7-15)9-14-5-8-17-2/h12-14,16H,3-11H2,1-2H3. The van der Waals surface area contributed by atoms with Gasteiger partial charge < -0.3 is 20.1 Å². The fourth-order valence-corrected chi connectivity index (χ4v) is 2.35. The number of methoxy groups -OCH3 is 1. The molecule has 0 amide bonds. The van der Waals surface area contributed by atoms with E-state index in [-0.39, 0.29) is 0 Å². The summed E-state index contributed by atoms with van der Waals surface area (Å²) in [5.74, 6) is 1.22. The van der Waals surface area contributed by atoms with Crippen LogP contribution >= 0.6 is 0 Å². The molecule has 1 saturated heterocycles. The number of aliphatic hydroxyl groups is 1. The summed E-state index contributed by atoms with van der Waals surface area (Å²) >= 11 is 0. The van der Waals surface area contributed by atoms with Gasteiger partial charge in [0, 0.05) is 26.8 Å². The Kier molecular flexibility index (Phi) is 7.77. The molecule has 4 nitrogen and oxygen atoms in total. The summed E-state index contributed by atoms with van der Waals surface area (Å²) in [6.07, 6.45) is 2.55. The smallest absolute Gasteiger partial charge is 0.0587 e. The number of rotatable bonds is 8. The van der Waals surface area contributed by atoms with Gasteiger partial charge in [-0.3, -0.25) is 0 Å². The highest BCUT2D eigenvalue weighted by molar-refractivity contribution is 4.74. The average Bonchev–Trinajstić information content (AvgIpc) is 2.36. The highest BCUT2D eigenvalue weighted by Crippen LogP contribution is 2.17. The fourth-order valence-electron chi connectivity index (χ4n) is 2.35. The minimum Gasteiger partial charge on any atom is -0.396 e. The molecule has 17 heavy (non-hydrogen) atoms. The zero-order chi connectivity index (χ0) is 12.5. The molecule has 1 heterocycles. The molecule has 1 atom stereocenters. The number of nitrogens with zero attached hydrogens (tertiary/aromatic N) is 1. The van der Waals surface area contributed by atoms with E-state index in [1.165, 1.54) is 25.9 Å². The lowest BCUT2D eigenvalue weighted by molar-refractivity contribution is 0.133. The maximum atomic E-state index is 9.04. The first-order valence-electron chi connectivity index (χ1n) is 6.79. The van der Waals surface area contributed by atoms with Crippen molar-refractivity contribution >= 4 is 0 Å². The Morgan fingerprint density at radius 2 is 2.12 bits per heavy atom. The first-order chi connectivity index (χ1) is 8.26. The molecule has 0 aliphatic carbocycles. The number of likely N-dealkylation sites (tertiary alicyclic amines) is 1. The van der Waals surface area contributed by atoms with Gasteiger partial charge in [0.05, 0.1) is 6.61 Å². The number of hydrogen-bond acceptors (Lipinski definition) is 4. The molecule has 102 valence electrons. The fraction of sp³-hybridized carbons (Fsp3) is 1.00. The van der Waals surface area contributed by atoms with Crippen molar-refractivity contribution in [2.45, 2.75) is 19.8 Å². The van der Waals surface area contributed by atoms with Gasteiger partial charge in [-0.2, -0.15) is 0 Å². The highest BCUT2D eigenvalue weighted by Gasteiger charge is 2.19. The molecular weight excluding hydrogens is 216 g/mol.